The molecular formula is C12H23NO2. The summed E-state index contributed by atoms with van der Waals surface area (Å²) in [6, 6.07) is 0. The highest BCUT2D eigenvalue weighted by molar-refractivity contribution is 4.87. The SMILES string of the molecule is CC1CCCN(CC2(CO)CCOC2)C1. The molecule has 0 spiro atoms. The van der Waals surface area contributed by atoms with Crippen molar-refractivity contribution < 1.29 is 9.84 Å². The molecule has 3 nitrogen and oxygen atoms in total. The minimum Gasteiger partial charge on any atom is -0.396 e. The van der Waals surface area contributed by atoms with Gasteiger partial charge in [-0.3, -0.25) is 0 Å². The van der Waals surface area contributed by atoms with Crippen LogP contribution < -0.4 is 0 Å². The second kappa shape index (κ2) is 4.81. The van der Waals surface area contributed by atoms with Gasteiger partial charge in [-0.1, -0.05) is 6.92 Å². The Morgan fingerprint density at radius 1 is 1.53 bits per heavy atom. The van der Waals surface area contributed by atoms with E-state index in [4.69, 9.17) is 4.74 Å². The molecular weight excluding hydrogens is 190 g/mol. The third kappa shape index (κ3) is 2.71. The fraction of sp³-hybridized carbons (Fsp3) is 1.00. The number of piperidine rings is 1. The van der Waals surface area contributed by atoms with Crippen LogP contribution in [0.3, 0.4) is 0 Å². The van der Waals surface area contributed by atoms with Crippen LogP contribution in [0.25, 0.3) is 0 Å². The van der Waals surface area contributed by atoms with Crippen molar-refractivity contribution in [2.45, 2.75) is 26.2 Å². The number of nitrogens with zero attached hydrogens (tertiary/aromatic N) is 1. The van der Waals surface area contributed by atoms with Crippen LogP contribution in [0.1, 0.15) is 26.2 Å². The number of ether oxygens (including phenoxy) is 1. The molecule has 2 atom stereocenters. The van der Waals surface area contributed by atoms with Crippen molar-refractivity contribution in [1.82, 2.24) is 4.90 Å². The van der Waals surface area contributed by atoms with Crippen LogP contribution in [0.2, 0.25) is 0 Å². The highest BCUT2D eigenvalue weighted by Crippen LogP contribution is 2.30. The Bertz CT molecular complexity index is 202. The summed E-state index contributed by atoms with van der Waals surface area (Å²) >= 11 is 0. The van der Waals surface area contributed by atoms with Crippen molar-refractivity contribution in [3.8, 4) is 0 Å². The van der Waals surface area contributed by atoms with Gasteiger partial charge >= 0.3 is 0 Å². The Hall–Kier alpha value is -0.120. The Morgan fingerprint density at radius 3 is 3.00 bits per heavy atom. The van der Waals surface area contributed by atoms with Gasteiger partial charge in [0.2, 0.25) is 0 Å². The normalized spacial score (nSPS) is 38.4. The molecule has 0 saturated carbocycles. The number of likely N-dealkylation sites (tertiary alicyclic amines) is 1. The summed E-state index contributed by atoms with van der Waals surface area (Å²) in [5.74, 6) is 0.816. The quantitative estimate of drug-likeness (QED) is 0.762. The third-order valence-electron chi connectivity index (χ3n) is 3.82. The summed E-state index contributed by atoms with van der Waals surface area (Å²) in [5.41, 5.74) is 0.0387. The molecule has 2 saturated heterocycles. The van der Waals surface area contributed by atoms with Crippen LogP contribution in [-0.2, 0) is 4.74 Å². The van der Waals surface area contributed by atoms with Gasteiger partial charge in [-0.15, -0.1) is 0 Å². The molecule has 1 N–H and O–H groups in total. The van der Waals surface area contributed by atoms with E-state index < -0.39 is 0 Å². The van der Waals surface area contributed by atoms with Gasteiger partial charge in [-0.2, -0.15) is 0 Å². The fourth-order valence-corrected chi connectivity index (χ4v) is 2.85. The van der Waals surface area contributed by atoms with Crippen molar-refractivity contribution in [3.05, 3.63) is 0 Å². The first-order chi connectivity index (χ1) is 7.24. The van der Waals surface area contributed by atoms with Gasteiger partial charge in [0, 0.05) is 25.1 Å². The first-order valence-corrected chi connectivity index (χ1v) is 6.15. The van der Waals surface area contributed by atoms with Crippen molar-refractivity contribution >= 4 is 0 Å². The molecule has 88 valence electrons. The van der Waals surface area contributed by atoms with Crippen molar-refractivity contribution in [1.29, 1.82) is 0 Å². The van der Waals surface area contributed by atoms with E-state index in [-0.39, 0.29) is 12.0 Å². The molecule has 2 aliphatic heterocycles. The Labute approximate surface area is 92.4 Å². The fourth-order valence-electron chi connectivity index (χ4n) is 2.85. The van der Waals surface area contributed by atoms with Gasteiger partial charge in [0.25, 0.3) is 0 Å². The van der Waals surface area contributed by atoms with E-state index in [1.807, 2.05) is 0 Å². The predicted octanol–water partition coefficient (Wildman–Crippen LogP) is 1.12. The third-order valence-corrected chi connectivity index (χ3v) is 3.82. The lowest BCUT2D eigenvalue weighted by molar-refractivity contribution is 0.0430. The standard InChI is InChI=1S/C12H23NO2/c1-11-3-2-5-13(7-11)8-12(9-14)4-6-15-10-12/h11,14H,2-10H2,1H3. The number of hydrogen-bond acceptors (Lipinski definition) is 3. The second-order valence-electron chi connectivity index (χ2n) is 5.44. The molecule has 2 rings (SSSR count). The molecule has 0 bridgehead atoms. The summed E-state index contributed by atoms with van der Waals surface area (Å²) in [6.45, 7) is 7.58. The number of aliphatic hydroxyl groups is 1. The first-order valence-electron chi connectivity index (χ1n) is 6.15. The molecule has 2 aliphatic rings. The zero-order chi connectivity index (χ0) is 10.7. The Morgan fingerprint density at radius 2 is 2.40 bits per heavy atom. The lowest BCUT2D eigenvalue weighted by Crippen LogP contribution is -2.44. The second-order valence-corrected chi connectivity index (χ2v) is 5.44. The molecule has 2 unspecified atom stereocenters. The average molecular weight is 213 g/mol. The Kier molecular flexibility index (Phi) is 3.65. The summed E-state index contributed by atoms with van der Waals surface area (Å²) in [5, 5.41) is 9.51. The Balaban J connectivity index is 1.88. The van der Waals surface area contributed by atoms with Gasteiger partial charge in [0.15, 0.2) is 0 Å². The molecule has 0 aliphatic carbocycles. The van der Waals surface area contributed by atoms with E-state index in [2.05, 4.69) is 11.8 Å². The molecule has 3 heteroatoms. The monoisotopic (exact) mass is 213 g/mol. The molecule has 0 aromatic carbocycles. The molecule has 2 fully saturated rings. The van der Waals surface area contributed by atoms with Crippen molar-refractivity contribution in [2.75, 3.05) is 39.5 Å². The first kappa shape index (κ1) is 11.4. The van der Waals surface area contributed by atoms with E-state index in [0.29, 0.717) is 0 Å². The van der Waals surface area contributed by atoms with E-state index in [0.717, 1.165) is 32.1 Å². The van der Waals surface area contributed by atoms with Gasteiger partial charge in [0.1, 0.15) is 0 Å². The minimum atomic E-state index is 0.0387. The van der Waals surface area contributed by atoms with Crippen LogP contribution >= 0.6 is 0 Å². The van der Waals surface area contributed by atoms with E-state index in [1.54, 1.807) is 0 Å². The molecule has 2 heterocycles. The lowest BCUT2D eigenvalue weighted by atomic mass is 9.86. The molecule has 0 radical (unpaired) electrons. The average Bonchev–Trinajstić information content (AvgIpc) is 2.67. The summed E-state index contributed by atoms with van der Waals surface area (Å²) in [4.78, 5) is 2.51. The maximum absolute atomic E-state index is 9.51. The number of hydrogen-bond donors (Lipinski definition) is 1. The smallest absolute Gasteiger partial charge is 0.0557 e. The minimum absolute atomic E-state index is 0.0387. The summed E-state index contributed by atoms with van der Waals surface area (Å²) in [6.07, 6.45) is 3.69. The maximum atomic E-state index is 9.51. The van der Waals surface area contributed by atoms with Gasteiger partial charge in [-0.25, -0.2) is 0 Å². The molecule has 15 heavy (non-hydrogen) atoms. The zero-order valence-electron chi connectivity index (χ0n) is 9.74. The van der Waals surface area contributed by atoms with Crippen LogP contribution in [0.15, 0.2) is 0 Å². The zero-order valence-corrected chi connectivity index (χ0v) is 9.74. The highest BCUT2D eigenvalue weighted by atomic mass is 16.5. The van der Waals surface area contributed by atoms with Crippen LogP contribution in [0, 0.1) is 11.3 Å². The largest absolute Gasteiger partial charge is 0.396 e. The van der Waals surface area contributed by atoms with Gasteiger partial charge in [-0.05, 0) is 31.7 Å². The maximum Gasteiger partial charge on any atom is 0.0557 e. The number of aliphatic hydroxyl groups excluding tert-OH is 1. The van der Waals surface area contributed by atoms with Gasteiger partial charge < -0.3 is 14.7 Å². The highest BCUT2D eigenvalue weighted by Gasteiger charge is 2.36. The van der Waals surface area contributed by atoms with Crippen LogP contribution in [-0.4, -0.2) is 49.5 Å². The lowest BCUT2D eigenvalue weighted by Gasteiger charge is -2.37. The molecule has 0 aromatic rings. The summed E-state index contributed by atoms with van der Waals surface area (Å²) < 4.78 is 5.43. The topological polar surface area (TPSA) is 32.7 Å². The van der Waals surface area contributed by atoms with Crippen molar-refractivity contribution in [3.63, 3.8) is 0 Å². The van der Waals surface area contributed by atoms with E-state index in [1.165, 1.54) is 25.9 Å². The van der Waals surface area contributed by atoms with Crippen molar-refractivity contribution in [2.24, 2.45) is 11.3 Å². The van der Waals surface area contributed by atoms with Gasteiger partial charge in [0.05, 0.1) is 13.2 Å². The summed E-state index contributed by atoms with van der Waals surface area (Å²) in [7, 11) is 0. The van der Waals surface area contributed by atoms with Crippen LogP contribution in [0.5, 0.6) is 0 Å². The molecule has 0 amide bonds. The van der Waals surface area contributed by atoms with E-state index in [9.17, 15) is 5.11 Å². The predicted molar refractivity (Wildman–Crippen MR) is 59.8 cm³/mol. The van der Waals surface area contributed by atoms with Crippen LogP contribution in [0.4, 0.5) is 0 Å². The van der Waals surface area contributed by atoms with E-state index >= 15 is 0 Å². The molecule has 0 aromatic heterocycles. The number of rotatable bonds is 3.